The number of furan rings is 1. The molecule has 1 aliphatic rings. The summed E-state index contributed by atoms with van der Waals surface area (Å²) in [4.78, 5) is 2.33. The molecule has 1 N–H and O–H groups in total. The number of hydrogen-bond acceptors (Lipinski definition) is 3. The second-order valence-corrected chi connectivity index (χ2v) is 5.02. The summed E-state index contributed by atoms with van der Waals surface area (Å²) in [5.74, 6) is 0.676. The Kier molecular flexibility index (Phi) is 3.10. The molecule has 1 unspecified atom stereocenters. The van der Waals surface area contributed by atoms with Crippen molar-refractivity contribution in [3.8, 4) is 0 Å². The van der Waals surface area contributed by atoms with E-state index < -0.39 is 6.10 Å². The van der Waals surface area contributed by atoms with Crippen LogP contribution in [-0.4, -0.2) is 29.1 Å². The number of hydrogen-bond donors (Lipinski definition) is 1. The number of para-hydroxylation sites is 1. The standard InChI is InChI=1S/C15H19NO2/c1-2-16(12-7-8-12)10-13(17)15-9-11-5-3-4-6-14(11)18-15/h3-6,9,12-13,17H,2,7-8,10H2,1H3. The van der Waals surface area contributed by atoms with Gasteiger partial charge in [0.25, 0.3) is 0 Å². The van der Waals surface area contributed by atoms with Gasteiger partial charge >= 0.3 is 0 Å². The van der Waals surface area contributed by atoms with Gasteiger partial charge in [0.1, 0.15) is 17.4 Å². The fourth-order valence-corrected chi connectivity index (χ4v) is 2.45. The summed E-state index contributed by atoms with van der Waals surface area (Å²) in [6.07, 6.45) is 2.00. The topological polar surface area (TPSA) is 36.6 Å². The van der Waals surface area contributed by atoms with Crippen molar-refractivity contribution >= 4 is 11.0 Å². The van der Waals surface area contributed by atoms with Gasteiger partial charge in [0, 0.05) is 18.0 Å². The Balaban J connectivity index is 1.76. The van der Waals surface area contributed by atoms with Crippen molar-refractivity contribution in [3.05, 3.63) is 36.1 Å². The molecule has 3 nitrogen and oxygen atoms in total. The van der Waals surface area contributed by atoms with Gasteiger partial charge in [-0.1, -0.05) is 25.1 Å². The van der Waals surface area contributed by atoms with Crippen molar-refractivity contribution in [2.45, 2.75) is 31.9 Å². The molecule has 1 aromatic heterocycles. The number of aliphatic hydroxyl groups excluding tert-OH is 1. The van der Waals surface area contributed by atoms with Gasteiger partial charge in [0.2, 0.25) is 0 Å². The third-order valence-corrected chi connectivity index (χ3v) is 3.65. The summed E-state index contributed by atoms with van der Waals surface area (Å²) in [5, 5.41) is 11.3. The Hall–Kier alpha value is -1.32. The summed E-state index contributed by atoms with van der Waals surface area (Å²) in [5.41, 5.74) is 0.848. The third-order valence-electron chi connectivity index (χ3n) is 3.65. The zero-order valence-corrected chi connectivity index (χ0v) is 10.7. The molecule has 1 aliphatic carbocycles. The van der Waals surface area contributed by atoms with Crippen LogP contribution in [0, 0.1) is 0 Å². The highest BCUT2D eigenvalue weighted by atomic mass is 16.4. The lowest BCUT2D eigenvalue weighted by Gasteiger charge is -2.22. The molecule has 96 valence electrons. The van der Waals surface area contributed by atoms with Crippen LogP contribution in [0.3, 0.4) is 0 Å². The van der Waals surface area contributed by atoms with E-state index in [9.17, 15) is 5.11 Å². The van der Waals surface area contributed by atoms with Gasteiger partial charge in [-0.15, -0.1) is 0 Å². The summed E-state index contributed by atoms with van der Waals surface area (Å²) < 4.78 is 5.70. The van der Waals surface area contributed by atoms with Crippen LogP contribution in [0.2, 0.25) is 0 Å². The Morgan fingerprint density at radius 3 is 2.83 bits per heavy atom. The van der Waals surface area contributed by atoms with Crippen LogP contribution < -0.4 is 0 Å². The van der Waals surface area contributed by atoms with Crippen molar-refractivity contribution in [1.29, 1.82) is 0 Å². The second-order valence-electron chi connectivity index (χ2n) is 5.02. The van der Waals surface area contributed by atoms with Crippen molar-refractivity contribution in [3.63, 3.8) is 0 Å². The number of fused-ring (bicyclic) bond motifs is 1. The first-order valence-electron chi connectivity index (χ1n) is 6.68. The first-order chi connectivity index (χ1) is 8.78. The van der Waals surface area contributed by atoms with Crippen LogP contribution in [0.5, 0.6) is 0 Å². The van der Waals surface area contributed by atoms with Crippen LogP contribution in [0.4, 0.5) is 0 Å². The quantitative estimate of drug-likeness (QED) is 0.880. The number of likely N-dealkylation sites (N-methyl/N-ethyl adjacent to an activating group) is 1. The maximum absolute atomic E-state index is 10.3. The molecule has 1 atom stereocenters. The van der Waals surface area contributed by atoms with Gasteiger partial charge in [0.05, 0.1) is 0 Å². The number of aliphatic hydroxyl groups is 1. The van der Waals surface area contributed by atoms with E-state index in [-0.39, 0.29) is 0 Å². The zero-order chi connectivity index (χ0) is 12.5. The predicted molar refractivity (Wildman–Crippen MR) is 71.4 cm³/mol. The molecule has 0 saturated heterocycles. The first kappa shape index (κ1) is 11.8. The average Bonchev–Trinajstić information content (AvgIpc) is 3.13. The molecule has 2 aromatic rings. The Bertz CT molecular complexity index is 497. The van der Waals surface area contributed by atoms with Crippen LogP contribution in [0.15, 0.2) is 34.7 Å². The molecule has 1 fully saturated rings. The maximum Gasteiger partial charge on any atom is 0.135 e. The minimum absolute atomic E-state index is 0.530. The molecule has 18 heavy (non-hydrogen) atoms. The van der Waals surface area contributed by atoms with Gasteiger partial charge < -0.3 is 9.52 Å². The zero-order valence-electron chi connectivity index (χ0n) is 10.7. The van der Waals surface area contributed by atoms with E-state index in [1.54, 1.807) is 0 Å². The highest BCUT2D eigenvalue weighted by Crippen LogP contribution is 2.30. The molecule has 1 saturated carbocycles. The van der Waals surface area contributed by atoms with Crippen LogP contribution in [-0.2, 0) is 0 Å². The summed E-state index contributed by atoms with van der Waals surface area (Å²) in [6.45, 7) is 3.80. The van der Waals surface area contributed by atoms with E-state index in [1.807, 2.05) is 30.3 Å². The summed E-state index contributed by atoms with van der Waals surface area (Å²) in [7, 11) is 0. The van der Waals surface area contributed by atoms with Gasteiger partial charge in [-0.3, -0.25) is 4.90 Å². The minimum atomic E-state index is -0.530. The summed E-state index contributed by atoms with van der Waals surface area (Å²) >= 11 is 0. The van der Waals surface area contributed by atoms with Crippen molar-refractivity contribution in [2.75, 3.05) is 13.1 Å². The molecular formula is C15H19NO2. The molecule has 3 heteroatoms. The lowest BCUT2D eigenvalue weighted by Crippen LogP contribution is -2.30. The fraction of sp³-hybridized carbons (Fsp3) is 0.467. The highest BCUT2D eigenvalue weighted by molar-refractivity contribution is 5.77. The fourth-order valence-electron chi connectivity index (χ4n) is 2.45. The van der Waals surface area contributed by atoms with Gasteiger partial charge in [-0.2, -0.15) is 0 Å². The molecule has 0 radical (unpaired) electrons. The molecule has 3 rings (SSSR count). The van der Waals surface area contributed by atoms with Crippen LogP contribution in [0.25, 0.3) is 11.0 Å². The molecule has 0 amide bonds. The lowest BCUT2D eigenvalue weighted by molar-refractivity contribution is 0.0948. The van der Waals surface area contributed by atoms with E-state index in [2.05, 4.69) is 11.8 Å². The van der Waals surface area contributed by atoms with E-state index in [4.69, 9.17) is 4.42 Å². The smallest absolute Gasteiger partial charge is 0.135 e. The van der Waals surface area contributed by atoms with E-state index in [0.29, 0.717) is 18.3 Å². The largest absolute Gasteiger partial charge is 0.458 e. The maximum atomic E-state index is 10.3. The minimum Gasteiger partial charge on any atom is -0.458 e. The highest BCUT2D eigenvalue weighted by Gasteiger charge is 2.29. The normalized spacial score (nSPS) is 17.5. The van der Waals surface area contributed by atoms with E-state index >= 15 is 0 Å². The monoisotopic (exact) mass is 245 g/mol. The Labute approximate surface area is 107 Å². The molecule has 1 heterocycles. The van der Waals surface area contributed by atoms with Gasteiger partial charge in [-0.05, 0) is 31.5 Å². The number of benzene rings is 1. The van der Waals surface area contributed by atoms with E-state index in [0.717, 1.165) is 17.5 Å². The van der Waals surface area contributed by atoms with Crippen LogP contribution >= 0.6 is 0 Å². The number of nitrogens with zero attached hydrogens (tertiary/aromatic N) is 1. The second kappa shape index (κ2) is 4.75. The van der Waals surface area contributed by atoms with Crippen molar-refractivity contribution < 1.29 is 9.52 Å². The molecular weight excluding hydrogens is 226 g/mol. The SMILES string of the molecule is CCN(CC(O)c1cc2ccccc2o1)C1CC1. The third kappa shape index (κ3) is 2.28. The van der Waals surface area contributed by atoms with Gasteiger partial charge in [-0.25, -0.2) is 0 Å². The average molecular weight is 245 g/mol. The molecule has 0 bridgehead atoms. The van der Waals surface area contributed by atoms with Crippen LogP contribution in [0.1, 0.15) is 31.6 Å². The molecule has 0 aliphatic heterocycles. The van der Waals surface area contributed by atoms with Crippen molar-refractivity contribution in [1.82, 2.24) is 4.90 Å². The van der Waals surface area contributed by atoms with Crippen molar-refractivity contribution in [2.24, 2.45) is 0 Å². The number of rotatable bonds is 5. The Morgan fingerprint density at radius 1 is 1.39 bits per heavy atom. The molecule has 0 spiro atoms. The summed E-state index contributed by atoms with van der Waals surface area (Å²) in [6, 6.07) is 10.5. The predicted octanol–water partition coefficient (Wildman–Crippen LogP) is 2.95. The Morgan fingerprint density at radius 2 is 2.17 bits per heavy atom. The lowest BCUT2D eigenvalue weighted by atomic mass is 10.2. The van der Waals surface area contributed by atoms with Gasteiger partial charge in [0.15, 0.2) is 0 Å². The molecule has 1 aromatic carbocycles. The first-order valence-corrected chi connectivity index (χ1v) is 6.68. The van der Waals surface area contributed by atoms with E-state index in [1.165, 1.54) is 12.8 Å².